The maximum Gasteiger partial charge on any atom is 0.000844 e. The maximum absolute atomic E-state index is 2.17. The van der Waals surface area contributed by atoms with Gasteiger partial charge in [0.25, 0.3) is 0 Å². The second-order valence-corrected chi connectivity index (χ2v) is 3.85. The zero-order valence-electron chi connectivity index (χ0n) is 6.23. The van der Waals surface area contributed by atoms with Crippen molar-refractivity contribution in [2.24, 2.45) is 0 Å². The molecule has 0 aromatic heterocycles. The van der Waals surface area contributed by atoms with E-state index in [9.17, 15) is 0 Å². The summed E-state index contributed by atoms with van der Waals surface area (Å²) in [5.41, 5.74) is 0. The van der Waals surface area contributed by atoms with Crippen LogP contribution in [0.3, 0.4) is 0 Å². The Balaban J connectivity index is -0.000000125. The van der Waals surface area contributed by atoms with Crippen LogP contribution < -0.4 is 0 Å². The van der Waals surface area contributed by atoms with Crippen molar-refractivity contribution < 1.29 is 0 Å². The van der Waals surface area contributed by atoms with Gasteiger partial charge in [0, 0.05) is 70.6 Å². The van der Waals surface area contributed by atoms with E-state index in [0.717, 1.165) is 0 Å². The minimum absolute atomic E-state index is 0. The smallest absolute Gasteiger partial charge is 0.000844 e. The molecule has 0 atom stereocenters. The monoisotopic (exact) mass is 168 g/mol. The molecule has 0 aliphatic carbocycles. The van der Waals surface area contributed by atoms with Crippen molar-refractivity contribution >= 4 is 80.7 Å². The first-order chi connectivity index (χ1) is 2.91. The van der Waals surface area contributed by atoms with E-state index in [-0.39, 0.29) is 59.1 Å². The number of hydrogen-bond acceptors (Lipinski definition) is 2. The van der Waals surface area contributed by atoms with E-state index in [2.05, 4.69) is 13.8 Å². The van der Waals surface area contributed by atoms with Crippen molar-refractivity contribution in [2.75, 3.05) is 11.5 Å². The molecule has 0 amide bonds. The average molecular weight is 168 g/mol. The molecule has 40 valence electrons. The zero-order valence-corrected chi connectivity index (χ0v) is 11.9. The molecule has 0 bridgehead atoms. The minimum Gasteiger partial charge on any atom is -0.0945 e. The fourth-order valence-electron chi connectivity index (χ4n) is 0.167. The molecule has 0 saturated carbocycles. The summed E-state index contributed by atoms with van der Waals surface area (Å²) >= 11 is 0. The fourth-order valence-corrected chi connectivity index (χ4v) is 1.50. The van der Waals surface area contributed by atoms with Gasteiger partial charge in [0.2, 0.25) is 0 Å². The maximum atomic E-state index is 2.17. The van der Waals surface area contributed by atoms with Crippen LogP contribution in [0, 0.1) is 0 Å². The van der Waals surface area contributed by atoms with Crippen LogP contribution in [0.25, 0.3) is 0 Å². The summed E-state index contributed by atoms with van der Waals surface area (Å²) in [6, 6.07) is 0. The number of hydrogen-bond donors (Lipinski definition) is 0. The van der Waals surface area contributed by atoms with Gasteiger partial charge in [-0.3, -0.25) is 0 Å². The molecule has 0 heterocycles. The van der Waals surface area contributed by atoms with Crippen LogP contribution in [0.2, 0.25) is 0 Å². The van der Waals surface area contributed by atoms with Gasteiger partial charge < -0.3 is 0 Å². The first-order valence-electron chi connectivity index (χ1n) is 2.16. The van der Waals surface area contributed by atoms with Crippen LogP contribution in [-0.4, -0.2) is 70.6 Å². The fraction of sp³-hybridized carbons (Fsp3) is 1.00. The van der Waals surface area contributed by atoms with E-state index >= 15 is 0 Å². The quantitative estimate of drug-likeness (QED) is 0.357. The van der Waals surface area contributed by atoms with E-state index < -0.39 is 0 Å². The molecule has 8 heavy (non-hydrogen) atoms. The van der Waals surface area contributed by atoms with Crippen molar-refractivity contribution in [1.29, 1.82) is 0 Å². The third-order valence-corrected chi connectivity index (χ3v) is 2.87. The van der Waals surface area contributed by atoms with Gasteiger partial charge >= 0.3 is 0 Å². The van der Waals surface area contributed by atoms with Crippen LogP contribution in [0.1, 0.15) is 13.8 Å². The Kier molecular flexibility index (Phi) is 34.7. The second kappa shape index (κ2) is 16.4. The Hall–Kier alpha value is 2.70. The van der Waals surface area contributed by atoms with Crippen molar-refractivity contribution in [2.45, 2.75) is 13.8 Å². The summed E-state index contributed by atoms with van der Waals surface area (Å²) in [6.07, 6.45) is 0. The molecule has 0 nitrogen and oxygen atoms in total. The van der Waals surface area contributed by atoms with Gasteiger partial charge in [-0.25, -0.2) is 0 Å². The van der Waals surface area contributed by atoms with Crippen molar-refractivity contribution in [3.63, 3.8) is 0 Å². The molecule has 2 radical (unpaired) electrons. The summed E-state index contributed by atoms with van der Waals surface area (Å²) < 4.78 is 0. The SMILES string of the molecule is CCSSCC.[Na].[Na]. The molecular weight excluding hydrogens is 158 g/mol. The van der Waals surface area contributed by atoms with Crippen molar-refractivity contribution in [3.05, 3.63) is 0 Å². The van der Waals surface area contributed by atoms with Crippen LogP contribution in [0.5, 0.6) is 0 Å². The van der Waals surface area contributed by atoms with Gasteiger partial charge in [-0.2, -0.15) is 0 Å². The van der Waals surface area contributed by atoms with E-state index in [1.807, 2.05) is 21.6 Å². The Bertz CT molecular complexity index is 24.0. The van der Waals surface area contributed by atoms with E-state index in [1.165, 1.54) is 11.5 Å². The largest absolute Gasteiger partial charge is 0.0945 e. The third-order valence-electron chi connectivity index (χ3n) is 0.319. The van der Waals surface area contributed by atoms with Crippen molar-refractivity contribution in [1.82, 2.24) is 0 Å². The summed E-state index contributed by atoms with van der Waals surface area (Å²) in [4.78, 5) is 0. The van der Waals surface area contributed by atoms with Gasteiger partial charge in [0.1, 0.15) is 0 Å². The Morgan fingerprint density at radius 3 is 1.25 bits per heavy atom. The third kappa shape index (κ3) is 15.9. The molecule has 0 N–H and O–H groups in total. The summed E-state index contributed by atoms with van der Waals surface area (Å²) in [5, 5.41) is 0. The van der Waals surface area contributed by atoms with Gasteiger partial charge in [0.15, 0.2) is 0 Å². The molecule has 0 aromatic carbocycles. The Morgan fingerprint density at radius 1 is 0.875 bits per heavy atom. The molecule has 0 rings (SSSR count). The molecule has 0 spiro atoms. The second-order valence-electron chi connectivity index (χ2n) is 0.813. The first kappa shape index (κ1) is 17.0. The normalized spacial score (nSPS) is 6.75. The average Bonchev–Trinajstić information content (AvgIpc) is 1.61. The predicted molar refractivity (Wildman–Crippen MR) is 47.8 cm³/mol. The van der Waals surface area contributed by atoms with Gasteiger partial charge in [-0.05, 0) is 0 Å². The van der Waals surface area contributed by atoms with Crippen LogP contribution in [-0.2, 0) is 0 Å². The summed E-state index contributed by atoms with van der Waals surface area (Å²) in [5.74, 6) is 2.47. The minimum atomic E-state index is 0. The molecule has 4 heteroatoms. The molecule has 0 fully saturated rings. The van der Waals surface area contributed by atoms with Gasteiger partial charge in [0.05, 0.1) is 0 Å². The van der Waals surface area contributed by atoms with Gasteiger partial charge in [-0.15, -0.1) is 0 Å². The molecular formula is C4H10Na2S2. The topological polar surface area (TPSA) is 0 Å². The van der Waals surface area contributed by atoms with Crippen molar-refractivity contribution in [3.8, 4) is 0 Å². The molecule has 0 saturated heterocycles. The molecule has 0 aliphatic heterocycles. The molecule has 0 aromatic rings. The number of rotatable bonds is 3. The van der Waals surface area contributed by atoms with Crippen LogP contribution in [0.15, 0.2) is 0 Å². The van der Waals surface area contributed by atoms with E-state index in [0.29, 0.717) is 0 Å². The molecule has 0 unspecified atom stereocenters. The molecule has 0 aliphatic rings. The standard InChI is InChI=1S/C4H10S2.2Na/c1-3-5-6-4-2;;/h3-4H2,1-2H3;;. The van der Waals surface area contributed by atoms with E-state index in [4.69, 9.17) is 0 Å². The first-order valence-corrected chi connectivity index (χ1v) is 4.65. The van der Waals surface area contributed by atoms with Crippen LogP contribution >= 0.6 is 21.6 Å². The predicted octanol–water partition coefficient (Wildman–Crippen LogP) is 1.65. The van der Waals surface area contributed by atoms with Crippen LogP contribution in [0.4, 0.5) is 0 Å². The summed E-state index contributed by atoms with van der Waals surface area (Å²) in [6.45, 7) is 4.35. The zero-order chi connectivity index (χ0) is 4.83. The summed E-state index contributed by atoms with van der Waals surface area (Å²) in [7, 11) is 3.85. The Morgan fingerprint density at radius 2 is 1.12 bits per heavy atom. The van der Waals surface area contributed by atoms with E-state index in [1.54, 1.807) is 0 Å². The Labute approximate surface area is 104 Å². The van der Waals surface area contributed by atoms with Gasteiger partial charge in [-0.1, -0.05) is 35.4 Å².